The second kappa shape index (κ2) is 3.69. The van der Waals surface area contributed by atoms with Gasteiger partial charge in [0.1, 0.15) is 0 Å². The van der Waals surface area contributed by atoms with Gasteiger partial charge in [0.05, 0.1) is 17.1 Å². The van der Waals surface area contributed by atoms with Gasteiger partial charge in [0, 0.05) is 24.2 Å². The van der Waals surface area contributed by atoms with Gasteiger partial charge in [-0.3, -0.25) is 14.0 Å². The first-order valence-corrected chi connectivity index (χ1v) is 5.39. The normalized spacial score (nSPS) is 10.9. The highest BCUT2D eigenvalue weighted by Crippen LogP contribution is 2.25. The third-order valence-electron chi connectivity index (χ3n) is 3.03. The van der Waals surface area contributed by atoms with Crippen LogP contribution in [0.3, 0.4) is 0 Å². The van der Waals surface area contributed by atoms with Gasteiger partial charge in [0.2, 0.25) is 5.78 Å². The fraction of sp³-hybridized carbons (Fsp3) is 0.0833. The van der Waals surface area contributed by atoms with Crippen molar-refractivity contribution in [3.63, 3.8) is 0 Å². The first-order chi connectivity index (χ1) is 8.74. The Morgan fingerprint density at radius 3 is 2.78 bits per heavy atom. The number of carbonyl (C=O) groups is 2. The number of nitrogens with zero attached hydrogens (tertiary/aromatic N) is 2. The molecule has 0 aliphatic rings. The summed E-state index contributed by atoms with van der Waals surface area (Å²) >= 11 is 0. The summed E-state index contributed by atoms with van der Waals surface area (Å²) in [5.41, 5.74) is 2.88. The number of H-pyrrole nitrogens is 2. The lowest BCUT2D eigenvalue weighted by molar-refractivity contribution is 0.111. The average Bonchev–Trinajstić information content (AvgIpc) is 3.00. The van der Waals surface area contributed by atoms with Crippen molar-refractivity contribution in [2.24, 2.45) is 0 Å². The summed E-state index contributed by atoms with van der Waals surface area (Å²) in [4.78, 5) is 32.1. The van der Waals surface area contributed by atoms with Crippen LogP contribution in [0, 0.1) is 6.92 Å². The van der Waals surface area contributed by atoms with E-state index in [1.807, 2.05) is 6.20 Å². The van der Waals surface area contributed by atoms with Crippen LogP contribution in [0.4, 0.5) is 0 Å². The molecule has 0 radical (unpaired) electrons. The van der Waals surface area contributed by atoms with Gasteiger partial charge in [-0.15, -0.1) is 0 Å². The summed E-state index contributed by atoms with van der Waals surface area (Å²) < 4.78 is 1.81. The van der Waals surface area contributed by atoms with E-state index in [4.69, 9.17) is 0 Å². The number of hydrogen-bond donors (Lipinski definition) is 2. The standard InChI is InChI=1S/C12H10N4O2/c1-7-8(5-17)11(14-10(7)6-18)9-4-16-3-2-13-12(16)15-9/h2-6,14H,1H3,(H,13,15). The molecule has 18 heavy (non-hydrogen) atoms. The molecule has 0 aromatic carbocycles. The molecule has 0 aliphatic heterocycles. The van der Waals surface area contributed by atoms with Crippen LogP contribution in [0.1, 0.15) is 26.4 Å². The van der Waals surface area contributed by atoms with Gasteiger partial charge in [0.15, 0.2) is 12.6 Å². The molecule has 0 aliphatic carbocycles. The van der Waals surface area contributed by atoms with E-state index < -0.39 is 0 Å². The minimum Gasteiger partial charge on any atom is -0.350 e. The van der Waals surface area contributed by atoms with Crippen molar-refractivity contribution < 1.29 is 9.59 Å². The lowest BCUT2D eigenvalue weighted by atomic mass is 10.1. The van der Waals surface area contributed by atoms with Crippen LogP contribution in [-0.4, -0.2) is 31.9 Å². The van der Waals surface area contributed by atoms with E-state index in [9.17, 15) is 9.59 Å². The minimum absolute atomic E-state index is 0.416. The van der Waals surface area contributed by atoms with Crippen LogP contribution < -0.4 is 0 Å². The Balaban J connectivity index is 2.24. The van der Waals surface area contributed by atoms with Gasteiger partial charge in [-0.2, -0.15) is 0 Å². The quantitative estimate of drug-likeness (QED) is 0.684. The molecule has 0 fully saturated rings. The highest BCUT2D eigenvalue weighted by atomic mass is 16.1. The molecule has 3 heterocycles. The fourth-order valence-electron chi connectivity index (χ4n) is 2.04. The number of aldehydes is 2. The Morgan fingerprint density at radius 2 is 2.11 bits per heavy atom. The van der Waals surface area contributed by atoms with Crippen LogP contribution in [-0.2, 0) is 0 Å². The highest BCUT2D eigenvalue weighted by molar-refractivity contribution is 5.92. The van der Waals surface area contributed by atoms with Gasteiger partial charge in [-0.05, 0) is 12.5 Å². The van der Waals surface area contributed by atoms with E-state index in [-0.39, 0.29) is 0 Å². The van der Waals surface area contributed by atoms with Crippen LogP contribution in [0.2, 0.25) is 0 Å². The molecule has 6 nitrogen and oxygen atoms in total. The van der Waals surface area contributed by atoms with E-state index in [2.05, 4.69) is 15.0 Å². The van der Waals surface area contributed by atoms with Gasteiger partial charge < -0.3 is 9.97 Å². The molecule has 3 aromatic heterocycles. The number of nitrogens with one attached hydrogen (secondary N) is 2. The monoisotopic (exact) mass is 242 g/mol. The predicted molar refractivity (Wildman–Crippen MR) is 64.8 cm³/mol. The molecule has 0 unspecified atom stereocenters. The maximum atomic E-state index is 11.1. The zero-order valence-electron chi connectivity index (χ0n) is 9.60. The van der Waals surface area contributed by atoms with Crippen molar-refractivity contribution in [2.45, 2.75) is 6.92 Å². The van der Waals surface area contributed by atoms with E-state index >= 15 is 0 Å². The molecule has 3 aromatic rings. The van der Waals surface area contributed by atoms with Crippen molar-refractivity contribution in [3.05, 3.63) is 35.4 Å². The van der Waals surface area contributed by atoms with Gasteiger partial charge in [-0.25, -0.2) is 4.98 Å². The third kappa shape index (κ3) is 1.32. The lowest BCUT2D eigenvalue weighted by Gasteiger charge is -1.94. The Kier molecular flexibility index (Phi) is 2.16. The number of aromatic nitrogens is 4. The topological polar surface area (TPSA) is 83.0 Å². The van der Waals surface area contributed by atoms with Gasteiger partial charge >= 0.3 is 0 Å². The maximum Gasteiger partial charge on any atom is 0.211 e. The molecule has 0 bridgehead atoms. The fourth-order valence-corrected chi connectivity index (χ4v) is 2.04. The van der Waals surface area contributed by atoms with Crippen LogP contribution in [0.5, 0.6) is 0 Å². The minimum atomic E-state index is 0.416. The van der Waals surface area contributed by atoms with Gasteiger partial charge in [0.25, 0.3) is 0 Å². The highest BCUT2D eigenvalue weighted by Gasteiger charge is 2.16. The van der Waals surface area contributed by atoms with E-state index in [0.29, 0.717) is 34.6 Å². The van der Waals surface area contributed by atoms with Gasteiger partial charge in [-0.1, -0.05) is 0 Å². The molecule has 0 amide bonds. The zero-order valence-corrected chi connectivity index (χ0v) is 9.60. The Morgan fingerprint density at radius 1 is 1.28 bits per heavy atom. The van der Waals surface area contributed by atoms with E-state index in [1.54, 1.807) is 23.7 Å². The van der Waals surface area contributed by atoms with E-state index in [1.165, 1.54) is 0 Å². The van der Waals surface area contributed by atoms with Crippen LogP contribution in [0.25, 0.3) is 17.2 Å². The number of fused-ring (bicyclic) bond motifs is 1. The first kappa shape index (κ1) is 10.5. The molecule has 0 spiro atoms. The first-order valence-electron chi connectivity index (χ1n) is 5.39. The summed E-state index contributed by atoms with van der Waals surface area (Å²) in [6.45, 7) is 1.74. The molecule has 90 valence electrons. The lowest BCUT2D eigenvalue weighted by Crippen LogP contribution is -1.86. The maximum absolute atomic E-state index is 11.1. The number of aromatic amines is 2. The summed E-state index contributed by atoms with van der Waals surface area (Å²) in [6.07, 6.45) is 6.74. The van der Waals surface area contributed by atoms with Crippen molar-refractivity contribution in [1.29, 1.82) is 0 Å². The SMILES string of the molecule is Cc1c(C=O)[nH]c(-c2cn3ccnc3[nH]2)c1C=O. The molecule has 6 heteroatoms. The largest absolute Gasteiger partial charge is 0.350 e. The molecule has 2 N–H and O–H groups in total. The van der Waals surface area contributed by atoms with Crippen molar-refractivity contribution in [1.82, 2.24) is 19.4 Å². The second-order valence-electron chi connectivity index (χ2n) is 4.01. The second-order valence-corrected chi connectivity index (χ2v) is 4.01. The molecule has 3 rings (SSSR count). The van der Waals surface area contributed by atoms with Crippen LogP contribution >= 0.6 is 0 Å². The Bertz CT molecular complexity index is 719. The van der Waals surface area contributed by atoms with Crippen molar-refractivity contribution >= 4 is 18.3 Å². The molecular formula is C12H10N4O2. The third-order valence-corrected chi connectivity index (χ3v) is 3.03. The number of rotatable bonds is 3. The van der Waals surface area contributed by atoms with E-state index in [0.717, 1.165) is 12.0 Å². The number of carbonyl (C=O) groups excluding carboxylic acids is 2. The predicted octanol–water partition coefficient (Wildman–Crippen LogP) is 1.59. The summed E-state index contributed by atoms with van der Waals surface area (Å²) in [5, 5.41) is 0. The molecule has 0 saturated heterocycles. The molecule has 0 saturated carbocycles. The van der Waals surface area contributed by atoms with Crippen molar-refractivity contribution in [2.75, 3.05) is 0 Å². The average molecular weight is 242 g/mol. The molecular weight excluding hydrogens is 232 g/mol. The number of imidazole rings is 2. The summed E-state index contributed by atoms with van der Waals surface area (Å²) in [7, 11) is 0. The van der Waals surface area contributed by atoms with Crippen molar-refractivity contribution in [3.8, 4) is 11.4 Å². The summed E-state index contributed by atoms with van der Waals surface area (Å²) in [5.74, 6) is 0.682. The number of hydrogen-bond acceptors (Lipinski definition) is 3. The Hall–Kier alpha value is -2.63. The zero-order chi connectivity index (χ0) is 12.7. The Labute approximate surface area is 102 Å². The van der Waals surface area contributed by atoms with Crippen LogP contribution in [0.15, 0.2) is 18.6 Å². The summed E-state index contributed by atoms with van der Waals surface area (Å²) in [6, 6.07) is 0. The smallest absolute Gasteiger partial charge is 0.211 e. The molecule has 0 atom stereocenters.